The van der Waals surface area contributed by atoms with Crippen LogP contribution in [0, 0.1) is 0 Å². The maximum atomic E-state index is 5.03. The molecule has 0 aliphatic carbocycles. The molecule has 0 fully saturated rings. The normalized spacial score (nSPS) is 11.7. The molecule has 0 amide bonds. The van der Waals surface area contributed by atoms with Gasteiger partial charge in [0.05, 0.1) is 23.0 Å². The fraction of sp³-hybridized carbons (Fsp3) is 0. The van der Waals surface area contributed by atoms with Crippen molar-refractivity contribution < 1.29 is 17.1 Å². The molecule has 5 heterocycles. The van der Waals surface area contributed by atoms with E-state index in [0.29, 0.717) is 22.9 Å². The van der Waals surface area contributed by atoms with Crippen LogP contribution in [0.2, 0.25) is 0 Å². The summed E-state index contributed by atoms with van der Waals surface area (Å²) in [6.07, 6.45) is 0. The van der Waals surface area contributed by atoms with Crippen molar-refractivity contribution in [2.45, 2.75) is 0 Å². The minimum Gasteiger partial charge on any atom is -0.435 e. The van der Waals surface area contributed by atoms with Gasteiger partial charge in [-0.05, 0) is 56.0 Å². The predicted octanol–water partition coefficient (Wildman–Crippen LogP) is 7.33. The Morgan fingerprint density at radius 1 is 0.390 bits per heavy atom. The van der Waals surface area contributed by atoms with E-state index in [1.54, 1.807) is 0 Å². The van der Waals surface area contributed by atoms with Crippen molar-refractivity contribution in [3.05, 3.63) is 109 Å². The molecule has 0 N–H and O–H groups in total. The van der Waals surface area contributed by atoms with E-state index in [2.05, 4.69) is 48.5 Å². The van der Waals surface area contributed by atoms with Crippen LogP contribution in [-0.2, 0) is 17.1 Å². The molecule has 0 saturated carbocycles. The molecule has 0 unspecified atom stereocenters. The van der Waals surface area contributed by atoms with Crippen LogP contribution in [0.1, 0.15) is 0 Å². The number of fused-ring (bicyclic) bond motifs is 20. The average molecular weight is 574 g/mol. The Morgan fingerprint density at radius 2 is 0.756 bits per heavy atom. The molecule has 3 aromatic heterocycles. The van der Waals surface area contributed by atoms with Crippen LogP contribution >= 0.6 is 0 Å². The van der Waals surface area contributed by atoms with Gasteiger partial charge in [0.25, 0.3) is 0 Å². The Hall–Kier alpha value is -5.10. The van der Waals surface area contributed by atoms with Gasteiger partial charge in [-0.15, -0.1) is 0 Å². The molecule has 0 atom stereocenters. The zero-order valence-corrected chi connectivity index (χ0v) is 22.3. The summed E-state index contributed by atoms with van der Waals surface area (Å²) in [7, 11) is 0. The van der Waals surface area contributed by atoms with Crippen molar-refractivity contribution in [3.8, 4) is 45.3 Å². The van der Waals surface area contributed by atoms with Gasteiger partial charge in [-0.1, -0.05) is 97.1 Å². The van der Waals surface area contributed by atoms with Crippen LogP contribution in [0.4, 0.5) is 0 Å². The van der Waals surface area contributed by atoms with Gasteiger partial charge in [0.15, 0.2) is 0 Å². The summed E-state index contributed by atoms with van der Waals surface area (Å²) in [5, 5.41) is 3.99. The zero-order chi connectivity index (χ0) is 26.2. The summed E-state index contributed by atoms with van der Waals surface area (Å²) >= 11 is 0. The van der Waals surface area contributed by atoms with Crippen molar-refractivity contribution in [1.29, 1.82) is 0 Å². The summed E-state index contributed by atoms with van der Waals surface area (Å²) in [4.78, 5) is 30.1. The molecule has 6 nitrogen and oxygen atoms in total. The number of hydrogen-bond donors (Lipinski definition) is 0. The third-order valence-electron chi connectivity index (χ3n) is 7.65. The Labute approximate surface area is 244 Å². The molecular weight excluding hydrogens is 556 g/mol. The molecule has 4 aromatic carbocycles. The first kappa shape index (κ1) is 23.8. The molecule has 7 heteroatoms. The summed E-state index contributed by atoms with van der Waals surface area (Å²) in [5.74, 6) is 1.28. The number of aromatic nitrogens is 6. The molecule has 7 aromatic rings. The fourth-order valence-corrected chi connectivity index (χ4v) is 5.78. The van der Waals surface area contributed by atoms with E-state index < -0.39 is 0 Å². The van der Waals surface area contributed by atoms with Gasteiger partial charge in [0.2, 0.25) is 0 Å². The van der Waals surface area contributed by atoms with E-state index in [1.165, 1.54) is 0 Å². The minimum absolute atomic E-state index is 0. The predicted molar refractivity (Wildman–Crippen MR) is 158 cm³/mol. The number of nitrogens with zero attached hydrogens (tertiary/aromatic N) is 6. The SMILES string of the molecule is [Cu+2].c1ccc2c(c1)-c1cc3[n-]c(nc4nc(cc5[n-]c(nc-2n1)c1ccccc51)-c1ccccc1-4)c1ccccc31. The van der Waals surface area contributed by atoms with Crippen LogP contribution in [0.5, 0.6) is 0 Å². The van der Waals surface area contributed by atoms with E-state index in [0.717, 1.165) is 66.2 Å². The fourth-order valence-electron chi connectivity index (χ4n) is 5.78. The first-order chi connectivity index (χ1) is 19.8. The second-order valence-corrected chi connectivity index (χ2v) is 9.98. The zero-order valence-electron chi connectivity index (χ0n) is 21.4. The molecule has 2 aliphatic rings. The first-order valence-corrected chi connectivity index (χ1v) is 13.1. The van der Waals surface area contributed by atoms with E-state index in [-0.39, 0.29) is 17.1 Å². The Bertz CT molecular complexity index is 2030. The molecule has 8 bridgehead atoms. The third kappa shape index (κ3) is 3.57. The second kappa shape index (κ2) is 8.96. The number of rotatable bonds is 0. The summed E-state index contributed by atoms with van der Waals surface area (Å²) in [6, 6.07) is 36.8. The number of benzene rings is 4. The van der Waals surface area contributed by atoms with Crippen molar-refractivity contribution in [3.63, 3.8) is 0 Å². The minimum atomic E-state index is 0. The Morgan fingerprint density at radius 3 is 1.20 bits per heavy atom. The van der Waals surface area contributed by atoms with Gasteiger partial charge in [0, 0.05) is 22.3 Å². The molecule has 9 rings (SSSR count). The average Bonchev–Trinajstić information content (AvgIpc) is 3.73. The summed E-state index contributed by atoms with van der Waals surface area (Å²) < 4.78 is 0. The topological polar surface area (TPSA) is 79.8 Å². The molecule has 1 radical (unpaired) electrons. The van der Waals surface area contributed by atoms with Crippen LogP contribution in [0.25, 0.3) is 89.2 Å². The van der Waals surface area contributed by atoms with Crippen LogP contribution in [0.15, 0.2) is 109 Å². The molecule has 195 valence electrons. The van der Waals surface area contributed by atoms with E-state index >= 15 is 0 Å². The Balaban J connectivity index is 0.00000256. The molecular formula is C34H18CuN6. The second-order valence-electron chi connectivity index (χ2n) is 9.98. The third-order valence-corrected chi connectivity index (χ3v) is 7.65. The summed E-state index contributed by atoms with van der Waals surface area (Å²) in [5.41, 5.74) is 8.55. The molecule has 0 saturated heterocycles. The van der Waals surface area contributed by atoms with E-state index in [9.17, 15) is 0 Å². The first-order valence-electron chi connectivity index (χ1n) is 13.1. The van der Waals surface area contributed by atoms with Gasteiger partial charge >= 0.3 is 17.1 Å². The maximum absolute atomic E-state index is 5.03. The quantitative estimate of drug-likeness (QED) is 0.177. The monoisotopic (exact) mass is 573 g/mol. The maximum Gasteiger partial charge on any atom is 2.00 e. The number of hydrogen-bond acceptors (Lipinski definition) is 4. The standard InChI is InChI=1S/C34H18N6.Cu/c1-5-13-23-19(9-1)27-17-28-20-10-2-6-14-24(20)33(36-28)40-34-26-16-8-4-12-22(26)30(38-34)18-29-21-11-3-7-15-25(21)32(37-29)39-31(23)35-27;/h1-18H;/q-2;+2. The Kier molecular flexibility index (Phi) is 5.19. The largest absolute Gasteiger partial charge is 2.00 e. The molecule has 0 spiro atoms. The van der Waals surface area contributed by atoms with Crippen molar-refractivity contribution >= 4 is 43.9 Å². The van der Waals surface area contributed by atoms with Gasteiger partial charge in [-0.2, -0.15) is 0 Å². The molecule has 2 aliphatic heterocycles. The van der Waals surface area contributed by atoms with Crippen molar-refractivity contribution in [2.75, 3.05) is 0 Å². The summed E-state index contributed by atoms with van der Waals surface area (Å²) in [6.45, 7) is 0. The van der Waals surface area contributed by atoms with E-state index in [4.69, 9.17) is 29.9 Å². The van der Waals surface area contributed by atoms with Crippen molar-refractivity contribution in [2.24, 2.45) is 0 Å². The van der Waals surface area contributed by atoms with Crippen LogP contribution in [0.3, 0.4) is 0 Å². The van der Waals surface area contributed by atoms with Gasteiger partial charge in [-0.3, -0.25) is 9.97 Å². The van der Waals surface area contributed by atoms with Gasteiger partial charge < -0.3 is 19.9 Å². The van der Waals surface area contributed by atoms with Crippen LogP contribution < -0.4 is 9.97 Å². The van der Waals surface area contributed by atoms with Gasteiger partial charge in [0.1, 0.15) is 0 Å². The van der Waals surface area contributed by atoms with Crippen LogP contribution in [-0.4, -0.2) is 19.9 Å². The van der Waals surface area contributed by atoms with Gasteiger partial charge in [-0.25, -0.2) is 0 Å². The molecule has 41 heavy (non-hydrogen) atoms. The van der Waals surface area contributed by atoms with Crippen molar-refractivity contribution in [1.82, 2.24) is 29.9 Å². The smallest absolute Gasteiger partial charge is 0.435 e. The van der Waals surface area contributed by atoms with E-state index in [1.807, 2.05) is 60.7 Å².